The van der Waals surface area contributed by atoms with E-state index < -0.39 is 0 Å². The van der Waals surface area contributed by atoms with E-state index in [-0.39, 0.29) is 0 Å². The van der Waals surface area contributed by atoms with Crippen molar-refractivity contribution in [3.8, 4) is 0 Å². The van der Waals surface area contributed by atoms with Crippen molar-refractivity contribution in [1.29, 1.82) is 0 Å². The Labute approximate surface area is 169 Å². The van der Waals surface area contributed by atoms with Gasteiger partial charge >= 0.3 is 0 Å². The first kappa shape index (κ1) is 20.5. The van der Waals surface area contributed by atoms with Crippen molar-refractivity contribution in [2.45, 2.75) is 47.5 Å². The predicted octanol–water partition coefficient (Wildman–Crippen LogP) is 4.13. The average molecular weight is 384 g/mol. The van der Waals surface area contributed by atoms with Crippen LogP contribution in [-0.2, 0) is 4.74 Å². The maximum Gasteiger partial charge on any atom is 0.234 e. The number of rotatable bonds is 9. The van der Waals surface area contributed by atoms with E-state index in [4.69, 9.17) is 9.72 Å². The van der Waals surface area contributed by atoms with Gasteiger partial charge in [0.15, 0.2) is 0 Å². The number of ether oxygens (including phenoxy) is 1. The average Bonchev–Trinajstić information content (AvgIpc) is 3.45. The molecule has 3 rings (SSSR count). The molecule has 2 aromatic rings. The lowest BCUT2D eigenvalue weighted by Crippen LogP contribution is -2.32. The fraction of sp³-hybridized carbons (Fsp3) is 0.591. The van der Waals surface area contributed by atoms with Gasteiger partial charge < -0.3 is 14.5 Å². The molecule has 0 radical (unpaired) electrons. The Hall–Kier alpha value is -2.21. The molecule has 1 aromatic carbocycles. The van der Waals surface area contributed by atoms with Crippen LogP contribution >= 0.6 is 0 Å². The van der Waals surface area contributed by atoms with Crippen LogP contribution < -0.4 is 9.80 Å². The van der Waals surface area contributed by atoms with Gasteiger partial charge in [-0.25, -0.2) is 0 Å². The lowest BCUT2D eigenvalue weighted by Gasteiger charge is -2.28. The van der Waals surface area contributed by atoms with E-state index in [1.54, 1.807) is 7.11 Å². The molecule has 152 valence electrons. The zero-order chi connectivity index (χ0) is 20.3. The molecule has 28 heavy (non-hydrogen) atoms. The number of methoxy groups -OCH3 is 1. The highest BCUT2D eigenvalue weighted by atomic mass is 16.5. The highest BCUT2D eigenvalue weighted by Crippen LogP contribution is 2.33. The minimum Gasteiger partial charge on any atom is -0.383 e. The normalized spacial score (nSPS) is 13.6. The van der Waals surface area contributed by atoms with E-state index in [0.717, 1.165) is 43.3 Å². The van der Waals surface area contributed by atoms with Crippen LogP contribution in [0.1, 0.15) is 42.3 Å². The van der Waals surface area contributed by atoms with Crippen molar-refractivity contribution < 1.29 is 4.74 Å². The minimum absolute atomic E-state index is 0.667. The molecule has 1 heterocycles. The van der Waals surface area contributed by atoms with E-state index in [0.29, 0.717) is 6.61 Å². The topological polar surface area (TPSA) is 54.4 Å². The van der Waals surface area contributed by atoms with E-state index >= 15 is 0 Å². The Morgan fingerprint density at radius 3 is 2.21 bits per heavy atom. The molecule has 0 atom stereocenters. The lowest BCUT2D eigenvalue weighted by atomic mass is 10.0. The lowest BCUT2D eigenvalue weighted by molar-refractivity contribution is 0.204. The molecule has 1 aromatic heterocycles. The molecule has 0 N–H and O–H groups in total. The second kappa shape index (κ2) is 8.86. The first-order valence-electron chi connectivity index (χ1n) is 10.2. The van der Waals surface area contributed by atoms with Gasteiger partial charge in [-0.3, -0.25) is 0 Å². The summed E-state index contributed by atoms with van der Waals surface area (Å²) in [5.74, 6) is 2.98. The van der Waals surface area contributed by atoms with E-state index in [9.17, 15) is 0 Å². The number of hydrogen-bond acceptors (Lipinski definition) is 6. The summed E-state index contributed by atoms with van der Waals surface area (Å²) in [5.41, 5.74) is 4.95. The van der Waals surface area contributed by atoms with Crippen molar-refractivity contribution in [2.75, 3.05) is 43.2 Å². The summed E-state index contributed by atoms with van der Waals surface area (Å²) in [5, 5.41) is 0. The molecular formula is C22H33N5O. The van der Waals surface area contributed by atoms with Crippen LogP contribution in [-0.4, -0.2) is 48.3 Å². The van der Waals surface area contributed by atoms with Gasteiger partial charge in [0.2, 0.25) is 11.9 Å². The third-order valence-electron chi connectivity index (χ3n) is 5.21. The first-order chi connectivity index (χ1) is 13.4. The van der Waals surface area contributed by atoms with Gasteiger partial charge in [0.05, 0.1) is 6.61 Å². The zero-order valence-electron chi connectivity index (χ0n) is 18.1. The van der Waals surface area contributed by atoms with Gasteiger partial charge in [-0.1, -0.05) is 17.7 Å². The van der Waals surface area contributed by atoms with E-state index in [2.05, 4.69) is 59.6 Å². The van der Waals surface area contributed by atoms with Crippen LogP contribution in [0.5, 0.6) is 0 Å². The van der Waals surface area contributed by atoms with Gasteiger partial charge in [-0.15, -0.1) is 0 Å². The fourth-order valence-electron chi connectivity index (χ4n) is 3.80. The van der Waals surface area contributed by atoms with Gasteiger partial charge in [0.1, 0.15) is 5.82 Å². The second-order valence-corrected chi connectivity index (χ2v) is 7.86. The summed E-state index contributed by atoms with van der Waals surface area (Å²) in [6.07, 6.45) is 2.59. The summed E-state index contributed by atoms with van der Waals surface area (Å²) < 4.78 is 5.31. The molecule has 1 fully saturated rings. The summed E-state index contributed by atoms with van der Waals surface area (Å²) >= 11 is 0. The summed E-state index contributed by atoms with van der Waals surface area (Å²) in [4.78, 5) is 18.7. The second-order valence-electron chi connectivity index (χ2n) is 7.86. The molecule has 0 saturated heterocycles. The number of aryl methyl sites for hydroxylation is 4. The number of anilines is 3. The van der Waals surface area contributed by atoms with Crippen molar-refractivity contribution in [2.24, 2.45) is 5.92 Å². The Morgan fingerprint density at radius 2 is 1.64 bits per heavy atom. The SMILES string of the molecule is CCN(c1nc(C)nc(N(CCOC)CC2CC2)n1)c1c(C)cc(C)cc1C. The van der Waals surface area contributed by atoms with E-state index in [1.807, 2.05) is 6.92 Å². The molecule has 6 nitrogen and oxygen atoms in total. The Kier molecular flexibility index (Phi) is 6.50. The molecule has 0 unspecified atom stereocenters. The van der Waals surface area contributed by atoms with Gasteiger partial charge in [0.25, 0.3) is 0 Å². The summed E-state index contributed by atoms with van der Waals surface area (Å²) in [6, 6.07) is 4.44. The molecule has 0 spiro atoms. The standard InChI is InChI=1S/C22H33N5O/c1-7-27(20-16(3)12-15(2)13-17(20)4)22-24-18(5)23-21(25-22)26(10-11-28-6)14-19-8-9-19/h12-13,19H,7-11,14H2,1-6H3. The zero-order valence-corrected chi connectivity index (χ0v) is 18.1. The van der Waals surface area contributed by atoms with Crippen LogP contribution in [0.15, 0.2) is 12.1 Å². The highest BCUT2D eigenvalue weighted by Gasteiger charge is 2.26. The van der Waals surface area contributed by atoms with Crippen molar-refractivity contribution >= 4 is 17.6 Å². The summed E-state index contributed by atoms with van der Waals surface area (Å²) in [6.45, 7) is 13.8. The number of nitrogens with zero attached hydrogens (tertiary/aromatic N) is 5. The Balaban J connectivity index is 1.98. The molecule has 1 saturated carbocycles. The Bertz CT molecular complexity index is 796. The molecule has 1 aliphatic rings. The number of benzene rings is 1. The van der Waals surface area contributed by atoms with Crippen LogP contribution in [0.4, 0.5) is 17.6 Å². The summed E-state index contributed by atoms with van der Waals surface area (Å²) in [7, 11) is 1.74. The third-order valence-corrected chi connectivity index (χ3v) is 5.21. The molecule has 0 aliphatic heterocycles. The third kappa shape index (κ3) is 4.79. The smallest absolute Gasteiger partial charge is 0.234 e. The van der Waals surface area contributed by atoms with Crippen LogP contribution in [0, 0.1) is 33.6 Å². The quantitative estimate of drug-likeness (QED) is 0.649. The maximum atomic E-state index is 5.31. The molecular weight excluding hydrogens is 350 g/mol. The highest BCUT2D eigenvalue weighted by molar-refractivity contribution is 5.67. The first-order valence-corrected chi connectivity index (χ1v) is 10.2. The molecule has 6 heteroatoms. The predicted molar refractivity (Wildman–Crippen MR) is 115 cm³/mol. The Morgan fingerprint density at radius 1 is 1.00 bits per heavy atom. The fourth-order valence-corrected chi connectivity index (χ4v) is 3.80. The molecule has 0 bridgehead atoms. The number of aromatic nitrogens is 3. The monoisotopic (exact) mass is 383 g/mol. The van der Waals surface area contributed by atoms with Crippen LogP contribution in [0.25, 0.3) is 0 Å². The van der Waals surface area contributed by atoms with Crippen molar-refractivity contribution in [3.05, 3.63) is 34.6 Å². The maximum absolute atomic E-state index is 5.31. The largest absolute Gasteiger partial charge is 0.383 e. The van der Waals surface area contributed by atoms with E-state index in [1.165, 1.54) is 35.2 Å². The van der Waals surface area contributed by atoms with Crippen LogP contribution in [0.3, 0.4) is 0 Å². The minimum atomic E-state index is 0.667. The van der Waals surface area contributed by atoms with Crippen molar-refractivity contribution in [1.82, 2.24) is 15.0 Å². The number of hydrogen-bond donors (Lipinski definition) is 0. The van der Waals surface area contributed by atoms with Gasteiger partial charge in [0, 0.05) is 32.4 Å². The van der Waals surface area contributed by atoms with Crippen LogP contribution in [0.2, 0.25) is 0 Å². The van der Waals surface area contributed by atoms with Crippen molar-refractivity contribution in [3.63, 3.8) is 0 Å². The van der Waals surface area contributed by atoms with Gasteiger partial charge in [-0.2, -0.15) is 15.0 Å². The molecule has 0 amide bonds. The van der Waals surface area contributed by atoms with Gasteiger partial charge in [-0.05, 0) is 64.5 Å². The molecule has 1 aliphatic carbocycles.